The maximum atomic E-state index is 6.87. The Morgan fingerprint density at radius 3 is 2.32 bits per heavy atom. The van der Waals surface area contributed by atoms with Gasteiger partial charge < -0.3 is 0 Å². The lowest BCUT2D eigenvalue weighted by atomic mass is 9.86. The summed E-state index contributed by atoms with van der Waals surface area (Å²) in [6.45, 7) is 4.29. The van der Waals surface area contributed by atoms with Crippen LogP contribution >= 0.6 is 11.6 Å². The highest BCUT2D eigenvalue weighted by Gasteiger charge is 2.50. The van der Waals surface area contributed by atoms with Gasteiger partial charge >= 0.3 is 0 Å². The predicted molar refractivity (Wildman–Crippen MR) is 81.9 cm³/mol. The first-order chi connectivity index (χ1) is 9.13. The zero-order valence-corrected chi connectivity index (χ0v) is 12.2. The van der Waals surface area contributed by atoms with E-state index in [0.717, 1.165) is 0 Å². The molecular weight excluding hydrogens is 252 g/mol. The van der Waals surface area contributed by atoms with Crippen molar-refractivity contribution < 1.29 is 0 Å². The highest BCUT2D eigenvalue weighted by molar-refractivity contribution is 6.22. The molecule has 0 saturated heterocycles. The molecule has 0 amide bonds. The molecule has 1 atom stereocenters. The summed E-state index contributed by atoms with van der Waals surface area (Å²) in [5, 5.41) is 0.0785. The lowest BCUT2D eigenvalue weighted by molar-refractivity contribution is 0.659. The van der Waals surface area contributed by atoms with Gasteiger partial charge in [0.1, 0.15) is 0 Å². The van der Waals surface area contributed by atoms with Crippen LogP contribution < -0.4 is 0 Å². The fourth-order valence-electron chi connectivity index (χ4n) is 2.92. The Hall–Kier alpha value is -1.27. The number of rotatable bonds is 3. The quantitative estimate of drug-likeness (QED) is 0.663. The number of aryl methyl sites for hydroxylation is 2. The number of hydrogen-bond donors (Lipinski definition) is 0. The number of benzene rings is 2. The standard InChI is InChI=1S/C18H19Cl/c1-13-8-9-14(2)16(12-13)17(19)18(10-11-18)15-6-4-3-5-7-15/h3-9,12,17H,10-11H2,1-2H3. The van der Waals surface area contributed by atoms with Crippen molar-refractivity contribution in [3.63, 3.8) is 0 Å². The van der Waals surface area contributed by atoms with Crippen LogP contribution in [0.3, 0.4) is 0 Å². The Kier molecular flexibility index (Phi) is 3.14. The molecule has 0 N–H and O–H groups in total. The Bertz CT molecular complexity index is 582. The van der Waals surface area contributed by atoms with Crippen LogP contribution in [0.4, 0.5) is 0 Å². The summed E-state index contributed by atoms with van der Waals surface area (Å²) in [5.41, 5.74) is 5.42. The van der Waals surface area contributed by atoms with E-state index in [0.29, 0.717) is 0 Å². The van der Waals surface area contributed by atoms with E-state index < -0.39 is 0 Å². The molecule has 0 heterocycles. The molecule has 1 fully saturated rings. The predicted octanol–water partition coefficient (Wildman–Crippen LogP) is 5.32. The lowest BCUT2D eigenvalue weighted by Gasteiger charge is -2.24. The molecule has 19 heavy (non-hydrogen) atoms. The minimum absolute atomic E-state index is 0.0785. The monoisotopic (exact) mass is 270 g/mol. The van der Waals surface area contributed by atoms with Gasteiger partial charge in [-0.15, -0.1) is 11.6 Å². The highest BCUT2D eigenvalue weighted by Crippen LogP contribution is 2.59. The van der Waals surface area contributed by atoms with Gasteiger partial charge in [0.2, 0.25) is 0 Å². The largest absolute Gasteiger partial charge is 0.117 e. The van der Waals surface area contributed by atoms with Gasteiger partial charge in [-0.1, -0.05) is 54.1 Å². The SMILES string of the molecule is Cc1ccc(C)c(C(Cl)C2(c3ccccc3)CC2)c1. The van der Waals surface area contributed by atoms with Crippen LogP contribution in [-0.4, -0.2) is 0 Å². The summed E-state index contributed by atoms with van der Waals surface area (Å²) >= 11 is 6.87. The summed E-state index contributed by atoms with van der Waals surface area (Å²) in [7, 11) is 0. The Balaban J connectivity index is 2.00. The molecule has 0 bridgehead atoms. The third kappa shape index (κ3) is 2.19. The smallest absolute Gasteiger partial charge is 0.0684 e. The van der Waals surface area contributed by atoms with Gasteiger partial charge in [0.05, 0.1) is 5.38 Å². The minimum Gasteiger partial charge on any atom is -0.117 e. The molecule has 1 unspecified atom stereocenters. The number of hydrogen-bond acceptors (Lipinski definition) is 0. The lowest BCUT2D eigenvalue weighted by Crippen LogP contribution is -2.15. The average molecular weight is 271 g/mol. The van der Waals surface area contributed by atoms with Crippen molar-refractivity contribution in [2.45, 2.75) is 37.5 Å². The Morgan fingerprint density at radius 1 is 1.00 bits per heavy atom. The van der Waals surface area contributed by atoms with Gasteiger partial charge in [0.15, 0.2) is 0 Å². The van der Waals surface area contributed by atoms with E-state index in [-0.39, 0.29) is 10.8 Å². The molecule has 3 rings (SSSR count). The molecule has 1 saturated carbocycles. The van der Waals surface area contributed by atoms with E-state index in [1.54, 1.807) is 0 Å². The van der Waals surface area contributed by atoms with Crippen LogP contribution in [0.15, 0.2) is 48.5 Å². The van der Waals surface area contributed by atoms with Crippen LogP contribution in [0.5, 0.6) is 0 Å². The van der Waals surface area contributed by atoms with E-state index in [1.165, 1.54) is 35.1 Å². The van der Waals surface area contributed by atoms with Gasteiger partial charge in [-0.25, -0.2) is 0 Å². The summed E-state index contributed by atoms with van der Waals surface area (Å²) in [5.74, 6) is 0. The molecule has 98 valence electrons. The fraction of sp³-hybridized carbons (Fsp3) is 0.333. The summed E-state index contributed by atoms with van der Waals surface area (Å²) in [6.07, 6.45) is 2.39. The zero-order chi connectivity index (χ0) is 13.5. The second-order valence-electron chi connectivity index (χ2n) is 5.74. The second kappa shape index (κ2) is 4.68. The van der Waals surface area contributed by atoms with E-state index >= 15 is 0 Å². The van der Waals surface area contributed by atoms with Gasteiger partial charge in [-0.3, -0.25) is 0 Å². The first-order valence-electron chi connectivity index (χ1n) is 6.90. The van der Waals surface area contributed by atoms with Crippen LogP contribution in [-0.2, 0) is 5.41 Å². The summed E-state index contributed by atoms with van der Waals surface area (Å²) in [4.78, 5) is 0. The van der Waals surface area contributed by atoms with Crippen LogP contribution in [0.2, 0.25) is 0 Å². The van der Waals surface area contributed by atoms with Gasteiger partial charge in [-0.05, 0) is 43.4 Å². The molecule has 0 radical (unpaired) electrons. The fourth-order valence-corrected chi connectivity index (χ4v) is 3.50. The topological polar surface area (TPSA) is 0 Å². The molecule has 2 aromatic rings. The minimum atomic E-state index is 0.0785. The molecule has 0 aliphatic heterocycles. The Labute approximate surface area is 120 Å². The van der Waals surface area contributed by atoms with Crippen LogP contribution in [0.1, 0.15) is 40.5 Å². The molecular formula is C18H19Cl. The maximum absolute atomic E-state index is 6.87. The summed E-state index contributed by atoms with van der Waals surface area (Å²) < 4.78 is 0. The van der Waals surface area contributed by atoms with Gasteiger partial charge in [0, 0.05) is 5.41 Å². The van der Waals surface area contributed by atoms with E-state index in [2.05, 4.69) is 62.4 Å². The van der Waals surface area contributed by atoms with Crippen LogP contribution in [0.25, 0.3) is 0 Å². The highest BCUT2D eigenvalue weighted by atomic mass is 35.5. The Morgan fingerprint density at radius 2 is 1.68 bits per heavy atom. The third-order valence-corrected chi connectivity index (χ3v) is 4.98. The van der Waals surface area contributed by atoms with E-state index in [4.69, 9.17) is 11.6 Å². The molecule has 2 aromatic carbocycles. The van der Waals surface area contributed by atoms with Crippen molar-refractivity contribution in [2.24, 2.45) is 0 Å². The van der Waals surface area contributed by atoms with Crippen molar-refractivity contribution in [3.8, 4) is 0 Å². The molecule has 0 spiro atoms. The van der Waals surface area contributed by atoms with Crippen molar-refractivity contribution in [1.82, 2.24) is 0 Å². The average Bonchev–Trinajstić information content (AvgIpc) is 3.23. The molecule has 1 aliphatic rings. The second-order valence-corrected chi connectivity index (χ2v) is 6.18. The molecule has 0 aromatic heterocycles. The van der Waals surface area contributed by atoms with Crippen molar-refractivity contribution in [1.29, 1.82) is 0 Å². The van der Waals surface area contributed by atoms with E-state index in [9.17, 15) is 0 Å². The number of alkyl halides is 1. The first kappa shape index (κ1) is 12.7. The van der Waals surface area contributed by atoms with Crippen molar-refractivity contribution in [2.75, 3.05) is 0 Å². The molecule has 0 nitrogen and oxygen atoms in total. The first-order valence-corrected chi connectivity index (χ1v) is 7.34. The summed E-state index contributed by atoms with van der Waals surface area (Å²) in [6, 6.07) is 17.3. The maximum Gasteiger partial charge on any atom is 0.0684 e. The van der Waals surface area contributed by atoms with Gasteiger partial charge in [0.25, 0.3) is 0 Å². The number of halogens is 1. The molecule has 1 heteroatoms. The van der Waals surface area contributed by atoms with Crippen molar-refractivity contribution >= 4 is 11.6 Å². The normalized spacial score (nSPS) is 18.1. The van der Waals surface area contributed by atoms with Crippen LogP contribution in [0, 0.1) is 13.8 Å². The van der Waals surface area contributed by atoms with Gasteiger partial charge in [-0.2, -0.15) is 0 Å². The van der Waals surface area contributed by atoms with Crippen molar-refractivity contribution in [3.05, 3.63) is 70.8 Å². The van der Waals surface area contributed by atoms with E-state index in [1.807, 2.05) is 0 Å². The zero-order valence-electron chi connectivity index (χ0n) is 11.5. The third-order valence-electron chi connectivity index (χ3n) is 4.33. The molecule has 1 aliphatic carbocycles.